The number of rotatable bonds is 6. The van der Waals surface area contributed by atoms with Gasteiger partial charge < -0.3 is 9.84 Å². The average Bonchev–Trinajstić information content (AvgIpc) is 3.13. The van der Waals surface area contributed by atoms with E-state index in [1.807, 2.05) is 6.07 Å². The van der Waals surface area contributed by atoms with Gasteiger partial charge in [0.1, 0.15) is 5.75 Å². The summed E-state index contributed by atoms with van der Waals surface area (Å²) in [6, 6.07) is 14.0. The van der Waals surface area contributed by atoms with Crippen LogP contribution in [-0.2, 0) is 4.79 Å². The van der Waals surface area contributed by atoms with E-state index in [0.717, 1.165) is 0 Å². The Balaban J connectivity index is 1.52. The number of benzene rings is 2. The van der Waals surface area contributed by atoms with Gasteiger partial charge in [-0.05, 0) is 24.3 Å². The lowest BCUT2D eigenvalue weighted by molar-refractivity contribution is -0.384. The third kappa shape index (κ3) is 4.86. The number of aromatic nitrogens is 2. The van der Waals surface area contributed by atoms with Crippen LogP contribution in [-0.4, -0.2) is 38.2 Å². The normalized spacial score (nSPS) is 10.2. The van der Waals surface area contributed by atoms with Gasteiger partial charge in [-0.1, -0.05) is 18.2 Å². The van der Waals surface area contributed by atoms with Crippen molar-refractivity contribution < 1.29 is 24.4 Å². The van der Waals surface area contributed by atoms with Gasteiger partial charge in [-0.3, -0.25) is 30.6 Å². The van der Waals surface area contributed by atoms with Crippen molar-refractivity contribution in [1.82, 2.24) is 20.6 Å². The fourth-order valence-electron chi connectivity index (χ4n) is 2.27. The molecular weight excluding hydrogens is 382 g/mol. The Morgan fingerprint density at radius 2 is 1.79 bits per heavy atom. The maximum Gasteiger partial charge on any atom is 0.294 e. The summed E-state index contributed by atoms with van der Waals surface area (Å²) in [5, 5.41) is 24.5. The van der Waals surface area contributed by atoms with Crippen molar-refractivity contribution in [2.45, 2.75) is 0 Å². The molecule has 29 heavy (non-hydrogen) atoms. The molecule has 0 aliphatic carbocycles. The highest BCUT2D eigenvalue weighted by atomic mass is 16.6. The van der Waals surface area contributed by atoms with Gasteiger partial charge in [0.05, 0.1) is 16.8 Å². The Labute approximate surface area is 163 Å². The number of para-hydroxylation sites is 1. The Hall–Kier alpha value is -4.41. The molecule has 0 fully saturated rings. The highest BCUT2D eigenvalue weighted by Crippen LogP contribution is 2.18. The summed E-state index contributed by atoms with van der Waals surface area (Å²) in [5.74, 6) is -1.61. The fourth-order valence-corrected chi connectivity index (χ4v) is 2.27. The molecule has 0 saturated heterocycles. The van der Waals surface area contributed by atoms with Crippen molar-refractivity contribution in [3.05, 3.63) is 76.6 Å². The van der Waals surface area contributed by atoms with Crippen LogP contribution >= 0.6 is 0 Å². The number of amides is 2. The molecule has 11 heteroatoms. The van der Waals surface area contributed by atoms with Crippen molar-refractivity contribution in [3.8, 4) is 17.2 Å². The smallest absolute Gasteiger partial charge is 0.294 e. The number of non-ortho nitro benzene ring substituents is 1. The summed E-state index contributed by atoms with van der Waals surface area (Å²) < 4.78 is 6.49. The molecule has 2 aromatic carbocycles. The van der Waals surface area contributed by atoms with Gasteiger partial charge in [0, 0.05) is 12.1 Å². The summed E-state index contributed by atoms with van der Waals surface area (Å²) in [6.07, 6.45) is 1.27. The number of nitro benzene ring substituents is 1. The van der Waals surface area contributed by atoms with Gasteiger partial charge in [0.25, 0.3) is 17.5 Å². The molecule has 1 aromatic heterocycles. The number of hydrogen-bond donors (Lipinski definition) is 3. The number of hydrazine groups is 1. The number of nitrogens with zero attached hydrogens (tertiary/aromatic N) is 3. The minimum absolute atomic E-state index is 0.108. The van der Waals surface area contributed by atoms with Gasteiger partial charge in [-0.25, -0.2) is 4.68 Å². The van der Waals surface area contributed by atoms with Crippen LogP contribution in [0.3, 0.4) is 0 Å². The molecular formula is C18H15N5O6. The lowest BCUT2D eigenvalue weighted by atomic mass is 10.3. The molecule has 148 valence electrons. The highest BCUT2D eigenvalue weighted by molar-refractivity contribution is 5.96. The molecule has 3 aromatic rings. The van der Waals surface area contributed by atoms with E-state index in [4.69, 9.17) is 4.74 Å². The lowest BCUT2D eigenvalue weighted by Crippen LogP contribution is -2.44. The first-order valence-corrected chi connectivity index (χ1v) is 8.24. The van der Waals surface area contributed by atoms with Crippen LogP contribution < -0.4 is 15.6 Å². The molecule has 0 aliphatic heterocycles. The van der Waals surface area contributed by atoms with Gasteiger partial charge in [0.2, 0.25) is 0 Å². The predicted octanol–water partition coefficient (Wildman–Crippen LogP) is 1.33. The number of carbonyl (C=O) groups is 2. The van der Waals surface area contributed by atoms with E-state index >= 15 is 0 Å². The first-order chi connectivity index (χ1) is 13.9. The van der Waals surface area contributed by atoms with Gasteiger partial charge in [-0.2, -0.15) is 5.10 Å². The zero-order valence-electron chi connectivity index (χ0n) is 14.8. The van der Waals surface area contributed by atoms with Crippen LogP contribution in [0.25, 0.3) is 5.69 Å². The molecule has 3 rings (SSSR count). The van der Waals surface area contributed by atoms with E-state index in [9.17, 15) is 24.8 Å². The van der Waals surface area contributed by atoms with E-state index in [1.54, 1.807) is 24.3 Å². The summed E-state index contributed by atoms with van der Waals surface area (Å²) in [7, 11) is 0. The number of hydrogen-bond acceptors (Lipinski definition) is 7. The second kappa shape index (κ2) is 8.52. The zero-order chi connectivity index (χ0) is 20.8. The summed E-state index contributed by atoms with van der Waals surface area (Å²) in [4.78, 5) is 33.9. The van der Waals surface area contributed by atoms with Crippen molar-refractivity contribution >= 4 is 17.5 Å². The Morgan fingerprint density at radius 1 is 1.10 bits per heavy atom. The van der Waals surface area contributed by atoms with E-state index < -0.39 is 23.3 Å². The first-order valence-electron chi connectivity index (χ1n) is 8.24. The standard InChI is InChI=1S/C18H15N5O6/c24-15-10-22(12-4-2-1-3-5-12)21-17(15)18(26)20-19-16(25)11-29-14-8-6-13(7-9-14)23(27)28/h1-10,24H,11H2,(H,19,25)(H,20,26). The maximum absolute atomic E-state index is 12.1. The maximum atomic E-state index is 12.1. The van der Waals surface area contributed by atoms with Crippen molar-refractivity contribution in [1.29, 1.82) is 0 Å². The van der Waals surface area contributed by atoms with Crippen LogP contribution in [0.4, 0.5) is 5.69 Å². The van der Waals surface area contributed by atoms with Crippen LogP contribution in [0.1, 0.15) is 10.5 Å². The SMILES string of the molecule is O=C(COc1ccc([N+](=O)[O-])cc1)NNC(=O)c1nn(-c2ccccc2)cc1O. The number of carbonyl (C=O) groups excluding carboxylic acids is 2. The topological polar surface area (TPSA) is 149 Å². The zero-order valence-corrected chi connectivity index (χ0v) is 14.8. The average molecular weight is 397 g/mol. The fraction of sp³-hybridized carbons (Fsp3) is 0.0556. The molecule has 0 spiro atoms. The van der Waals surface area contributed by atoms with E-state index in [-0.39, 0.29) is 22.9 Å². The number of nitrogens with one attached hydrogen (secondary N) is 2. The third-order valence-electron chi connectivity index (χ3n) is 3.66. The molecule has 0 atom stereocenters. The minimum atomic E-state index is -0.819. The number of nitro groups is 1. The molecule has 1 heterocycles. The van der Waals surface area contributed by atoms with Crippen LogP contribution in [0.15, 0.2) is 60.8 Å². The monoisotopic (exact) mass is 397 g/mol. The number of aromatic hydroxyl groups is 1. The summed E-state index contributed by atoms with van der Waals surface area (Å²) in [6.45, 7) is -0.442. The van der Waals surface area contributed by atoms with Crippen molar-refractivity contribution in [2.75, 3.05) is 6.61 Å². The molecule has 0 saturated carbocycles. The highest BCUT2D eigenvalue weighted by Gasteiger charge is 2.18. The Bertz CT molecular complexity index is 1030. The van der Waals surface area contributed by atoms with Crippen molar-refractivity contribution in [2.24, 2.45) is 0 Å². The van der Waals surface area contributed by atoms with Crippen LogP contribution in [0.5, 0.6) is 11.5 Å². The summed E-state index contributed by atoms with van der Waals surface area (Å²) >= 11 is 0. The summed E-state index contributed by atoms with van der Waals surface area (Å²) in [5.41, 5.74) is 4.51. The molecule has 0 bridgehead atoms. The molecule has 0 radical (unpaired) electrons. The van der Waals surface area contributed by atoms with Gasteiger partial charge in [-0.15, -0.1) is 0 Å². The molecule has 3 N–H and O–H groups in total. The Kier molecular flexibility index (Phi) is 5.69. The number of ether oxygens (including phenoxy) is 1. The van der Waals surface area contributed by atoms with Crippen LogP contribution in [0, 0.1) is 10.1 Å². The van der Waals surface area contributed by atoms with E-state index in [2.05, 4.69) is 16.0 Å². The van der Waals surface area contributed by atoms with Crippen molar-refractivity contribution in [3.63, 3.8) is 0 Å². The Morgan fingerprint density at radius 3 is 2.45 bits per heavy atom. The first kappa shape index (κ1) is 19.4. The lowest BCUT2D eigenvalue weighted by Gasteiger charge is -2.08. The third-order valence-corrected chi connectivity index (χ3v) is 3.66. The predicted molar refractivity (Wildman–Crippen MR) is 99.4 cm³/mol. The van der Waals surface area contributed by atoms with Gasteiger partial charge in [0.15, 0.2) is 18.1 Å². The van der Waals surface area contributed by atoms with E-state index in [1.165, 1.54) is 35.1 Å². The quantitative estimate of drug-likeness (QED) is 0.419. The van der Waals surface area contributed by atoms with E-state index in [0.29, 0.717) is 5.69 Å². The molecule has 0 aliphatic rings. The second-order valence-corrected chi connectivity index (χ2v) is 5.69. The molecule has 11 nitrogen and oxygen atoms in total. The van der Waals surface area contributed by atoms with Crippen LogP contribution in [0.2, 0.25) is 0 Å². The van der Waals surface area contributed by atoms with Gasteiger partial charge >= 0.3 is 0 Å². The largest absolute Gasteiger partial charge is 0.504 e. The molecule has 0 unspecified atom stereocenters. The molecule has 2 amide bonds. The second-order valence-electron chi connectivity index (χ2n) is 5.69. The minimum Gasteiger partial charge on any atom is -0.504 e.